The average Bonchev–Trinajstić information content (AvgIpc) is 2.92. The molecule has 0 aliphatic carbocycles. The molecule has 1 atom stereocenters. The summed E-state index contributed by atoms with van der Waals surface area (Å²) in [4.78, 5) is 2.48. The van der Waals surface area contributed by atoms with Gasteiger partial charge in [-0.1, -0.05) is 6.92 Å². The first kappa shape index (κ1) is 12.4. The Kier molecular flexibility index (Phi) is 4.44. The summed E-state index contributed by atoms with van der Waals surface area (Å²) in [5.41, 5.74) is 0. The lowest BCUT2D eigenvalue weighted by Crippen LogP contribution is -2.37. The highest BCUT2D eigenvalue weighted by Crippen LogP contribution is 2.18. The Labute approximate surface area is 102 Å². The maximum absolute atomic E-state index is 4.13. The van der Waals surface area contributed by atoms with Crippen molar-refractivity contribution in [2.24, 2.45) is 0 Å². The van der Waals surface area contributed by atoms with E-state index < -0.39 is 0 Å². The number of likely N-dealkylation sites (N-methyl/N-ethyl adjacent to an activating group) is 1. The maximum atomic E-state index is 4.13. The minimum atomic E-state index is 0.631. The normalized spacial score (nSPS) is 21.2. The van der Waals surface area contributed by atoms with Gasteiger partial charge in [0.1, 0.15) is 0 Å². The Balaban J connectivity index is 1.97. The monoisotopic (exact) mass is 238 g/mol. The number of hydrogen-bond acceptors (Lipinski definition) is 5. The SMILES string of the molecule is CCCn1nnnc1CN1CCCC1CNC. The van der Waals surface area contributed by atoms with E-state index >= 15 is 0 Å². The van der Waals surface area contributed by atoms with Gasteiger partial charge in [0, 0.05) is 19.1 Å². The summed E-state index contributed by atoms with van der Waals surface area (Å²) in [5.74, 6) is 0.995. The summed E-state index contributed by atoms with van der Waals surface area (Å²) in [6, 6.07) is 0.631. The first-order chi connectivity index (χ1) is 8.35. The quantitative estimate of drug-likeness (QED) is 0.771. The Hall–Kier alpha value is -1.01. The van der Waals surface area contributed by atoms with Crippen LogP contribution in [0.2, 0.25) is 0 Å². The molecule has 0 bridgehead atoms. The van der Waals surface area contributed by atoms with Crippen LogP contribution in [0.3, 0.4) is 0 Å². The third-order valence-electron chi connectivity index (χ3n) is 3.32. The van der Waals surface area contributed by atoms with Crippen LogP contribution in [0.5, 0.6) is 0 Å². The van der Waals surface area contributed by atoms with E-state index in [4.69, 9.17) is 0 Å². The molecule has 0 aromatic carbocycles. The minimum absolute atomic E-state index is 0.631. The number of aromatic nitrogens is 4. The molecule has 17 heavy (non-hydrogen) atoms. The molecule has 0 spiro atoms. The summed E-state index contributed by atoms with van der Waals surface area (Å²) in [6.45, 7) is 6.14. The van der Waals surface area contributed by atoms with Crippen molar-refractivity contribution in [1.82, 2.24) is 30.4 Å². The van der Waals surface area contributed by atoms with E-state index in [9.17, 15) is 0 Å². The Morgan fingerprint density at radius 2 is 2.35 bits per heavy atom. The number of tetrazole rings is 1. The summed E-state index contributed by atoms with van der Waals surface area (Å²) < 4.78 is 1.93. The molecule has 1 aromatic heterocycles. The average molecular weight is 238 g/mol. The van der Waals surface area contributed by atoms with Crippen molar-refractivity contribution >= 4 is 0 Å². The fourth-order valence-electron chi connectivity index (χ4n) is 2.47. The lowest BCUT2D eigenvalue weighted by Gasteiger charge is -2.23. The highest BCUT2D eigenvalue weighted by Gasteiger charge is 2.25. The van der Waals surface area contributed by atoms with Crippen LogP contribution in [-0.2, 0) is 13.1 Å². The van der Waals surface area contributed by atoms with Crippen LogP contribution in [0.4, 0.5) is 0 Å². The van der Waals surface area contributed by atoms with E-state index in [1.54, 1.807) is 0 Å². The van der Waals surface area contributed by atoms with E-state index in [0.29, 0.717) is 6.04 Å². The number of hydrogen-bond donors (Lipinski definition) is 1. The van der Waals surface area contributed by atoms with E-state index in [-0.39, 0.29) is 0 Å². The number of nitrogens with one attached hydrogen (secondary N) is 1. The Morgan fingerprint density at radius 3 is 3.12 bits per heavy atom. The van der Waals surface area contributed by atoms with Gasteiger partial charge in [-0.05, 0) is 43.3 Å². The van der Waals surface area contributed by atoms with Crippen LogP contribution in [0, 0.1) is 0 Å². The molecule has 1 fully saturated rings. The highest BCUT2D eigenvalue weighted by molar-refractivity contribution is 4.87. The van der Waals surface area contributed by atoms with Crippen LogP contribution in [0.15, 0.2) is 0 Å². The highest BCUT2D eigenvalue weighted by atomic mass is 15.5. The van der Waals surface area contributed by atoms with Crippen molar-refractivity contribution in [2.45, 2.75) is 45.3 Å². The Morgan fingerprint density at radius 1 is 1.47 bits per heavy atom. The molecular weight excluding hydrogens is 216 g/mol. The molecule has 1 aliphatic heterocycles. The zero-order valence-corrected chi connectivity index (χ0v) is 10.8. The third-order valence-corrected chi connectivity index (χ3v) is 3.32. The topological polar surface area (TPSA) is 58.9 Å². The third kappa shape index (κ3) is 3.01. The first-order valence-electron chi connectivity index (χ1n) is 6.48. The molecule has 6 nitrogen and oxygen atoms in total. The van der Waals surface area contributed by atoms with Gasteiger partial charge in [-0.2, -0.15) is 0 Å². The second kappa shape index (κ2) is 6.07. The zero-order valence-electron chi connectivity index (χ0n) is 10.8. The van der Waals surface area contributed by atoms with Crippen LogP contribution in [-0.4, -0.2) is 51.3 Å². The molecule has 1 aliphatic rings. The number of aryl methyl sites for hydroxylation is 1. The maximum Gasteiger partial charge on any atom is 0.165 e. The predicted octanol–water partition coefficient (Wildman–Crippen LogP) is 0.267. The van der Waals surface area contributed by atoms with E-state index in [2.05, 4.69) is 32.7 Å². The summed E-state index contributed by atoms with van der Waals surface area (Å²) >= 11 is 0. The molecule has 96 valence electrons. The summed E-state index contributed by atoms with van der Waals surface area (Å²) in [7, 11) is 2.01. The van der Waals surface area contributed by atoms with Crippen LogP contribution in [0.1, 0.15) is 32.0 Å². The van der Waals surface area contributed by atoms with Crippen molar-refractivity contribution in [3.8, 4) is 0 Å². The lowest BCUT2D eigenvalue weighted by atomic mass is 10.2. The molecule has 0 saturated carbocycles. The summed E-state index contributed by atoms with van der Waals surface area (Å²) in [6.07, 6.45) is 3.62. The first-order valence-corrected chi connectivity index (χ1v) is 6.48. The second-order valence-corrected chi connectivity index (χ2v) is 4.64. The van der Waals surface area contributed by atoms with Crippen LogP contribution in [0.25, 0.3) is 0 Å². The minimum Gasteiger partial charge on any atom is -0.318 e. The van der Waals surface area contributed by atoms with Gasteiger partial charge in [0.05, 0.1) is 6.54 Å². The number of nitrogens with zero attached hydrogens (tertiary/aromatic N) is 5. The van der Waals surface area contributed by atoms with Crippen LogP contribution >= 0.6 is 0 Å². The molecule has 6 heteroatoms. The number of rotatable bonds is 6. The predicted molar refractivity (Wildman–Crippen MR) is 65.5 cm³/mol. The van der Waals surface area contributed by atoms with Gasteiger partial charge in [0.2, 0.25) is 0 Å². The lowest BCUT2D eigenvalue weighted by molar-refractivity contribution is 0.231. The van der Waals surface area contributed by atoms with Gasteiger partial charge < -0.3 is 5.32 Å². The molecule has 2 rings (SSSR count). The van der Waals surface area contributed by atoms with Gasteiger partial charge in [0.15, 0.2) is 5.82 Å². The standard InChI is InChI=1S/C11H22N6/c1-3-6-17-11(13-14-15-17)9-16-7-4-5-10(16)8-12-2/h10,12H,3-9H2,1-2H3. The smallest absolute Gasteiger partial charge is 0.165 e. The van der Waals surface area contributed by atoms with E-state index in [1.165, 1.54) is 12.8 Å². The number of likely N-dealkylation sites (tertiary alicyclic amines) is 1. The fraction of sp³-hybridized carbons (Fsp3) is 0.909. The molecule has 0 radical (unpaired) electrons. The molecule has 1 saturated heterocycles. The summed E-state index contributed by atoms with van der Waals surface area (Å²) in [5, 5.41) is 15.2. The largest absolute Gasteiger partial charge is 0.318 e. The van der Waals surface area contributed by atoms with Gasteiger partial charge in [-0.3, -0.25) is 4.90 Å². The van der Waals surface area contributed by atoms with Gasteiger partial charge >= 0.3 is 0 Å². The molecule has 0 amide bonds. The zero-order chi connectivity index (χ0) is 12.1. The molecule has 1 unspecified atom stereocenters. The van der Waals surface area contributed by atoms with Gasteiger partial charge in [-0.25, -0.2) is 4.68 Å². The van der Waals surface area contributed by atoms with Crippen molar-refractivity contribution in [2.75, 3.05) is 20.1 Å². The molecule has 1 aromatic rings. The van der Waals surface area contributed by atoms with Crippen molar-refractivity contribution in [1.29, 1.82) is 0 Å². The van der Waals surface area contributed by atoms with E-state index in [0.717, 1.165) is 38.4 Å². The fourth-order valence-corrected chi connectivity index (χ4v) is 2.47. The van der Waals surface area contributed by atoms with Gasteiger partial charge in [-0.15, -0.1) is 5.10 Å². The molecule has 1 N–H and O–H groups in total. The molecular formula is C11H22N6. The van der Waals surface area contributed by atoms with E-state index in [1.807, 2.05) is 11.7 Å². The van der Waals surface area contributed by atoms with Crippen molar-refractivity contribution < 1.29 is 0 Å². The van der Waals surface area contributed by atoms with Gasteiger partial charge in [0.25, 0.3) is 0 Å². The Bertz CT molecular complexity index is 336. The molecule has 2 heterocycles. The van der Waals surface area contributed by atoms with Crippen molar-refractivity contribution in [3.63, 3.8) is 0 Å². The van der Waals surface area contributed by atoms with Crippen LogP contribution < -0.4 is 5.32 Å². The second-order valence-electron chi connectivity index (χ2n) is 4.64. The van der Waals surface area contributed by atoms with Crippen molar-refractivity contribution in [3.05, 3.63) is 5.82 Å².